The van der Waals surface area contributed by atoms with Gasteiger partial charge in [0.15, 0.2) is 5.76 Å². The summed E-state index contributed by atoms with van der Waals surface area (Å²) >= 11 is 5.99. The van der Waals surface area contributed by atoms with E-state index in [4.69, 9.17) is 20.8 Å². The highest BCUT2D eigenvalue weighted by Crippen LogP contribution is 2.44. The Bertz CT molecular complexity index is 1180. The Morgan fingerprint density at radius 2 is 2.10 bits per heavy atom. The third kappa shape index (κ3) is 4.00. The number of methoxy groups -OCH3 is 1. The molecule has 1 atom stereocenters. The van der Waals surface area contributed by atoms with Gasteiger partial charge in [-0.25, -0.2) is 5.43 Å². The number of nitrogens with zero attached hydrogens (tertiary/aromatic N) is 2. The highest BCUT2D eigenvalue weighted by molar-refractivity contribution is 6.31. The minimum Gasteiger partial charge on any atom is -0.496 e. The molecule has 0 saturated heterocycles. The van der Waals surface area contributed by atoms with Crippen LogP contribution in [-0.4, -0.2) is 31.8 Å². The van der Waals surface area contributed by atoms with E-state index in [1.807, 2.05) is 6.07 Å². The monoisotopic (exact) mass is 439 g/mol. The lowest BCUT2D eigenvalue weighted by Gasteiger charge is -2.45. The van der Waals surface area contributed by atoms with Crippen molar-refractivity contribution in [2.45, 2.75) is 38.6 Å². The van der Waals surface area contributed by atoms with Gasteiger partial charge in [-0.3, -0.25) is 4.79 Å². The van der Waals surface area contributed by atoms with Crippen LogP contribution in [0.1, 0.15) is 54.8 Å². The van der Waals surface area contributed by atoms with Crippen LogP contribution in [0.3, 0.4) is 0 Å². The number of ether oxygens (including phenoxy) is 1. The predicted molar refractivity (Wildman–Crippen MR) is 125 cm³/mol. The summed E-state index contributed by atoms with van der Waals surface area (Å²) in [5, 5.41) is 5.48. The Labute approximate surface area is 186 Å². The molecule has 31 heavy (non-hydrogen) atoms. The Hall–Kier alpha value is -2.99. The topological polar surface area (TPSA) is 67.1 Å². The summed E-state index contributed by atoms with van der Waals surface area (Å²) in [4.78, 5) is 14.7. The molecule has 0 spiro atoms. The van der Waals surface area contributed by atoms with Crippen LogP contribution in [0.5, 0.6) is 5.75 Å². The SMILES string of the molecule is COc1cc2c(cc1/C=N\NC(=O)c1cc3cc(Cl)ccc3o1)C(C)CC(C)(C)N2C. The summed E-state index contributed by atoms with van der Waals surface area (Å²) in [6.45, 7) is 6.72. The summed E-state index contributed by atoms with van der Waals surface area (Å²) in [6.07, 6.45) is 2.65. The van der Waals surface area contributed by atoms with Crippen LogP contribution in [0.15, 0.2) is 45.9 Å². The largest absolute Gasteiger partial charge is 0.496 e. The second-order valence-electron chi connectivity index (χ2n) is 8.62. The molecular formula is C24H26ClN3O3. The first-order valence-electron chi connectivity index (χ1n) is 10.2. The zero-order chi connectivity index (χ0) is 22.3. The fourth-order valence-corrected chi connectivity index (χ4v) is 4.41. The number of halogens is 1. The van der Waals surface area contributed by atoms with E-state index in [0.29, 0.717) is 22.3 Å². The maximum absolute atomic E-state index is 12.5. The molecule has 1 aliphatic rings. The highest BCUT2D eigenvalue weighted by Gasteiger charge is 2.34. The van der Waals surface area contributed by atoms with Crippen molar-refractivity contribution in [3.8, 4) is 5.75 Å². The minimum absolute atomic E-state index is 0.0673. The molecule has 1 aliphatic heterocycles. The van der Waals surface area contributed by atoms with E-state index in [2.05, 4.69) is 49.3 Å². The first kappa shape index (κ1) is 21.2. The van der Waals surface area contributed by atoms with Crippen LogP contribution >= 0.6 is 11.6 Å². The molecule has 162 valence electrons. The van der Waals surface area contributed by atoms with Gasteiger partial charge in [-0.2, -0.15) is 5.10 Å². The molecule has 1 N–H and O–H groups in total. The van der Waals surface area contributed by atoms with E-state index in [-0.39, 0.29) is 11.3 Å². The van der Waals surface area contributed by atoms with E-state index in [0.717, 1.165) is 23.1 Å². The number of furan rings is 1. The van der Waals surface area contributed by atoms with Crippen LogP contribution in [0, 0.1) is 0 Å². The Morgan fingerprint density at radius 1 is 1.32 bits per heavy atom. The Balaban J connectivity index is 1.57. The van der Waals surface area contributed by atoms with Gasteiger partial charge in [-0.15, -0.1) is 0 Å². The molecule has 2 heterocycles. The van der Waals surface area contributed by atoms with E-state index >= 15 is 0 Å². The summed E-state index contributed by atoms with van der Waals surface area (Å²) in [6, 6.07) is 11.0. The smallest absolute Gasteiger partial charge is 0.307 e. The highest BCUT2D eigenvalue weighted by atomic mass is 35.5. The lowest BCUT2D eigenvalue weighted by molar-refractivity contribution is 0.0929. The van der Waals surface area contributed by atoms with Crippen LogP contribution in [-0.2, 0) is 0 Å². The molecule has 1 unspecified atom stereocenters. The molecular weight excluding hydrogens is 414 g/mol. The molecule has 6 nitrogen and oxygen atoms in total. The van der Waals surface area contributed by atoms with E-state index in [1.165, 1.54) is 5.56 Å². The molecule has 1 aromatic heterocycles. The van der Waals surface area contributed by atoms with Crippen molar-refractivity contribution in [2.75, 3.05) is 19.1 Å². The number of benzene rings is 2. The van der Waals surface area contributed by atoms with E-state index in [1.54, 1.807) is 37.6 Å². The van der Waals surface area contributed by atoms with Gasteiger partial charge in [0.25, 0.3) is 0 Å². The number of rotatable bonds is 4. The lowest BCUT2D eigenvalue weighted by Crippen LogP contribution is -2.45. The zero-order valence-electron chi connectivity index (χ0n) is 18.3. The molecule has 7 heteroatoms. The standard InChI is InChI=1S/C24H26ClN3O3/c1-14-12-24(2,3)28(4)19-11-21(30-5)16(9-18(14)19)13-26-27-23(29)22-10-15-8-17(25)6-7-20(15)31-22/h6-11,13-14H,12H2,1-5H3,(H,27,29)/b26-13-. The Morgan fingerprint density at radius 3 is 2.84 bits per heavy atom. The number of carbonyl (C=O) groups excluding carboxylic acids is 1. The summed E-state index contributed by atoms with van der Waals surface area (Å²) in [5.74, 6) is 0.836. The number of hydrazone groups is 1. The van der Waals surface area contributed by atoms with Gasteiger partial charge in [-0.05, 0) is 62.1 Å². The average molecular weight is 440 g/mol. The van der Waals surface area contributed by atoms with Gasteiger partial charge in [0, 0.05) is 40.3 Å². The Kier molecular flexibility index (Phi) is 5.43. The normalized spacial score (nSPS) is 17.7. The first-order chi connectivity index (χ1) is 14.7. The van der Waals surface area contributed by atoms with Crippen molar-refractivity contribution in [3.05, 3.63) is 58.3 Å². The number of anilines is 1. The van der Waals surface area contributed by atoms with Gasteiger partial charge >= 0.3 is 5.91 Å². The van der Waals surface area contributed by atoms with Crippen LogP contribution in [0.25, 0.3) is 11.0 Å². The fourth-order valence-electron chi connectivity index (χ4n) is 4.23. The molecule has 0 fully saturated rings. The predicted octanol–water partition coefficient (Wildman–Crippen LogP) is 5.58. The van der Waals surface area contributed by atoms with Crippen LogP contribution in [0.4, 0.5) is 5.69 Å². The number of amides is 1. The fraction of sp³-hybridized carbons (Fsp3) is 0.333. The third-order valence-corrected chi connectivity index (χ3v) is 6.29. The van der Waals surface area contributed by atoms with Crippen LogP contribution in [0.2, 0.25) is 5.02 Å². The summed E-state index contributed by atoms with van der Waals surface area (Å²) in [5.41, 5.74) is 6.39. The summed E-state index contributed by atoms with van der Waals surface area (Å²) in [7, 11) is 3.74. The average Bonchev–Trinajstić information content (AvgIpc) is 3.14. The zero-order valence-corrected chi connectivity index (χ0v) is 19.1. The molecule has 0 aliphatic carbocycles. The van der Waals surface area contributed by atoms with Crippen LogP contribution < -0.4 is 15.1 Å². The molecule has 3 aromatic rings. The van der Waals surface area contributed by atoms with Crippen molar-refractivity contribution >= 4 is 40.4 Å². The first-order valence-corrected chi connectivity index (χ1v) is 10.6. The number of fused-ring (bicyclic) bond motifs is 2. The maximum Gasteiger partial charge on any atom is 0.307 e. The molecule has 0 radical (unpaired) electrons. The molecule has 4 rings (SSSR count). The van der Waals surface area contributed by atoms with Gasteiger partial charge < -0.3 is 14.1 Å². The number of hydrogen-bond donors (Lipinski definition) is 1. The van der Waals surface area contributed by atoms with Crippen molar-refractivity contribution in [1.29, 1.82) is 0 Å². The number of hydrogen-bond acceptors (Lipinski definition) is 5. The van der Waals surface area contributed by atoms with Crippen molar-refractivity contribution in [1.82, 2.24) is 5.43 Å². The van der Waals surface area contributed by atoms with Gasteiger partial charge in [-0.1, -0.05) is 18.5 Å². The van der Waals surface area contributed by atoms with Gasteiger partial charge in [0.05, 0.1) is 13.3 Å². The van der Waals surface area contributed by atoms with Crippen molar-refractivity contribution in [3.63, 3.8) is 0 Å². The molecule has 2 aromatic carbocycles. The van der Waals surface area contributed by atoms with Crippen molar-refractivity contribution < 1.29 is 13.9 Å². The molecule has 1 amide bonds. The lowest BCUT2D eigenvalue weighted by atomic mass is 9.80. The minimum atomic E-state index is -0.435. The van der Waals surface area contributed by atoms with Crippen molar-refractivity contribution in [2.24, 2.45) is 5.10 Å². The second-order valence-corrected chi connectivity index (χ2v) is 9.06. The second kappa shape index (κ2) is 7.93. The summed E-state index contributed by atoms with van der Waals surface area (Å²) < 4.78 is 11.2. The van der Waals surface area contributed by atoms with E-state index in [9.17, 15) is 4.79 Å². The number of carbonyl (C=O) groups is 1. The van der Waals surface area contributed by atoms with E-state index < -0.39 is 5.91 Å². The molecule has 0 saturated carbocycles. The van der Waals surface area contributed by atoms with Gasteiger partial charge in [0.2, 0.25) is 0 Å². The third-order valence-electron chi connectivity index (χ3n) is 6.06. The number of nitrogens with one attached hydrogen (secondary N) is 1. The quantitative estimate of drug-likeness (QED) is 0.425. The maximum atomic E-state index is 12.5. The van der Waals surface area contributed by atoms with Gasteiger partial charge in [0.1, 0.15) is 11.3 Å². The molecule has 0 bridgehead atoms.